The van der Waals surface area contributed by atoms with Crippen molar-refractivity contribution in [3.8, 4) is 0 Å². The number of methoxy groups -OCH3 is 1. The summed E-state index contributed by atoms with van der Waals surface area (Å²) >= 11 is 12.0. The Bertz CT molecular complexity index is 550. The van der Waals surface area contributed by atoms with E-state index in [9.17, 15) is 8.42 Å². The Morgan fingerprint density at radius 1 is 1.30 bits per heavy atom. The first-order chi connectivity index (χ1) is 9.44. The molecule has 0 saturated heterocycles. The standard InChI is InChI=1S/C12H18Cl2N2O3S/c1-19-7-3-2-6-16-20(17,18)11-5-4-10(13)9(8-15)12(11)14/h4-5,16H,2-3,6-8,15H2,1H3. The zero-order chi connectivity index (χ0) is 15.2. The monoisotopic (exact) mass is 340 g/mol. The molecule has 0 fully saturated rings. The van der Waals surface area contributed by atoms with E-state index in [1.165, 1.54) is 12.1 Å². The van der Waals surface area contributed by atoms with E-state index in [1.54, 1.807) is 7.11 Å². The van der Waals surface area contributed by atoms with Gasteiger partial charge in [0.2, 0.25) is 10.0 Å². The maximum atomic E-state index is 12.2. The molecule has 3 N–H and O–H groups in total. The minimum Gasteiger partial charge on any atom is -0.385 e. The molecule has 0 unspecified atom stereocenters. The number of halogens is 2. The number of benzene rings is 1. The van der Waals surface area contributed by atoms with Crippen LogP contribution in [0.25, 0.3) is 0 Å². The van der Waals surface area contributed by atoms with Gasteiger partial charge in [0.15, 0.2) is 0 Å². The Morgan fingerprint density at radius 3 is 2.60 bits per heavy atom. The molecule has 0 bridgehead atoms. The Morgan fingerprint density at radius 2 is 2.00 bits per heavy atom. The summed E-state index contributed by atoms with van der Waals surface area (Å²) < 4.78 is 31.7. The summed E-state index contributed by atoms with van der Waals surface area (Å²) in [4.78, 5) is -0.00393. The summed E-state index contributed by atoms with van der Waals surface area (Å²) in [7, 11) is -2.06. The molecule has 1 aromatic carbocycles. The van der Waals surface area contributed by atoms with E-state index < -0.39 is 10.0 Å². The first-order valence-electron chi connectivity index (χ1n) is 6.09. The number of nitrogens with one attached hydrogen (secondary N) is 1. The van der Waals surface area contributed by atoms with Gasteiger partial charge in [-0.2, -0.15) is 0 Å². The van der Waals surface area contributed by atoms with Gasteiger partial charge in [0.05, 0.1) is 5.02 Å². The predicted molar refractivity (Wildman–Crippen MR) is 80.7 cm³/mol. The summed E-state index contributed by atoms with van der Waals surface area (Å²) in [5.74, 6) is 0. The van der Waals surface area contributed by atoms with Gasteiger partial charge in [-0.25, -0.2) is 13.1 Å². The fraction of sp³-hybridized carbons (Fsp3) is 0.500. The largest absolute Gasteiger partial charge is 0.385 e. The minimum atomic E-state index is -3.66. The van der Waals surface area contributed by atoms with E-state index in [0.717, 1.165) is 6.42 Å². The Balaban J connectivity index is 2.83. The predicted octanol–water partition coefficient (Wildman–Crippen LogP) is 2.16. The highest BCUT2D eigenvalue weighted by Gasteiger charge is 2.20. The highest BCUT2D eigenvalue weighted by Crippen LogP contribution is 2.30. The Hall–Kier alpha value is -0.370. The Labute approximate surface area is 129 Å². The zero-order valence-corrected chi connectivity index (χ0v) is 13.5. The van der Waals surface area contributed by atoms with E-state index in [0.29, 0.717) is 30.2 Å². The van der Waals surface area contributed by atoms with Gasteiger partial charge >= 0.3 is 0 Å². The average Bonchev–Trinajstić information content (AvgIpc) is 2.38. The molecule has 114 valence electrons. The first-order valence-corrected chi connectivity index (χ1v) is 8.33. The number of nitrogens with two attached hydrogens (primary N) is 1. The molecule has 0 amide bonds. The van der Waals surface area contributed by atoms with Gasteiger partial charge in [-0.15, -0.1) is 0 Å². The molecule has 0 aliphatic heterocycles. The molecule has 1 aromatic rings. The van der Waals surface area contributed by atoms with Crippen LogP contribution in [0, 0.1) is 0 Å². The van der Waals surface area contributed by atoms with Crippen molar-refractivity contribution in [1.82, 2.24) is 4.72 Å². The summed E-state index contributed by atoms with van der Waals surface area (Å²) in [5.41, 5.74) is 5.95. The third kappa shape index (κ3) is 4.58. The average molecular weight is 341 g/mol. The number of hydrogen-bond acceptors (Lipinski definition) is 4. The fourth-order valence-corrected chi connectivity index (χ4v) is 3.63. The highest BCUT2D eigenvalue weighted by molar-refractivity contribution is 7.89. The van der Waals surface area contributed by atoms with Crippen LogP contribution in [0.4, 0.5) is 0 Å². The molecule has 0 saturated carbocycles. The van der Waals surface area contributed by atoms with E-state index in [4.69, 9.17) is 33.7 Å². The third-order valence-electron chi connectivity index (χ3n) is 2.71. The second kappa shape index (κ2) is 8.17. The SMILES string of the molecule is COCCCCNS(=O)(=O)c1ccc(Cl)c(CN)c1Cl. The second-order valence-corrected chi connectivity index (χ2v) is 6.66. The van der Waals surface area contributed by atoms with Crippen molar-refractivity contribution in [1.29, 1.82) is 0 Å². The molecular formula is C12H18Cl2N2O3S. The van der Waals surface area contributed by atoms with Gasteiger partial charge in [-0.1, -0.05) is 23.2 Å². The molecule has 0 aliphatic carbocycles. The summed E-state index contributed by atoms with van der Waals surface area (Å²) in [5, 5.41) is 0.431. The topological polar surface area (TPSA) is 81.4 Å². The van der Waals surface area contributed by atoms with E-state index >= 15 is 0 Å². The maximum absolute atomic E-state index is 12.2. The number of unbranched alkanes of at least 4 members (excludes halogenated alkanes) is 1. The van der Waals surface area contributed by atoms with Crippen LogP contribution in [0.15, 0.2) is 17.0 Å². The Kier molecular flexibility index (Phi) is 7.22. The van der Waals surface area contributed by atoms with Gasteiger partial charge in [-0.05, 0) is 25.0 Å². The minimum absolute atomic E-state index is 0.00393. The lowest BCUT2D eigenvalue weighted by molar-refractivity contribution is 0.193. The van der Waals surface area contributed by atoms with Crippen LogP contribution in [0.2, 0.25) is 10.0 Å². The van der Waals surface area contributed by atoms with Crippen LogP contribution in [0.5, 0.6) is 0 Å². The molecule has 0 spiro atoms. The lowest BCUT2D eigenvalue weighted by atomic mass is 10.2. The van der Waals surface area contributed by atoms with Crippen LogP contribution >= 0.6 is 23.2 Å². The molecule has 0 radical (unpaired) electrons. The lowest BCUT2D eigenvalue weighted by Crippen LogP contribution is -2.25. The summed E-state index contributed by atoms with van der Waals surface area (Å²) in [6, 6.07) is 2.86. The summed E-state index contributed by atoms with van der Waals surface area (Å²) in [6.45, 7) is 0.998. The first kappa shape index (κ1) is 17.7. The van der Waals surface area contributed by atoms with Gasteiger partial charge < -0.3 is 10.5 Å². The van der Waals surface area contributed by atoms with Crippen molar-refractivity contribution >= 4 is 33.2 Å². The van der Waals surface area contributed by atoms with E-state index in [2.05, 4.69) is 4.72 Å². The van der Waals surface area contributed by atoms with Crippen LogP contribution in [0.1, 0.15) is 18.4 Å². The van der Waals surface area contributed by atoms with Gasteiger partial charge in [0.1, 0.15) is 4.90 Å². The van der Waals surface area contributed by atoms with E-state index in [1.807, 2.05) is 0 Å². The number of rotatable bonds is 8. The summed E-state index contributed by atoms with van der Waals surface area (Å²) in [6.07, 6.45) is 1.46. The molecule has 0 aliphatic rings. The van der Waals surface area contributed by atoms with Crippen LogP contribution in [-0.2, 0) is 21.3 Å². The second-order valence-electron chi connectivity index (χ2n) is 4.14. The van der Waals surface area contributed by atoms with Crippen molar-refractivity contribution in [2.75, 3.05) is 20.3 Å². The molecule has 20 heavy (non-hydrogen) atoms. The molecule has 1 rings (SSSR count). The number of ether oxygens (including phenoxy) is 1. The number of sulfonamides is 1. The zero-order valence-electron chi connectivity index (χ0n) is 11.2. The molecular weight excluding hydrogens is 323 g/mol. The van der Waals surface area contributed by atoms with E-state index in [-0.39, 0.29) is 16.5 Å². The van der Waals surface area contributed by atoms with Crippen molar-refractivity contribution in [2.45, 2.75) is 24.3 Å². The molecule has 0 atom stereocenters. The van der Waals surface area contributed by atoms with Crippen molar-refractivity contribution in [2.24, 2.45) is 5.73 Å². The number of hydrogen-bond donors (Lipinski definition) is 2. The molecule has 0 heterocycles. The van der Waals surface area contributed by atoms with Crippen LogP contribution < -0.4 is 10.5 Å². The molecule has 8 heteroatoms. The smallest absolute Gasteiger partial charge is 0.242 e. The van der Waals surface area contributed by atoms with Crippen molar-refractivity contribution < 1.29 is 13.2 Å². The van der Waals surface area contributed by atoms with Gasteiger partial charge in [-0.3, -0.25) is 0 Å². The quantitative estimate of drug-likeness (QED) is 0.710. The van der Waals surface area contributed by atoms with Crippen molar-refractivity contribution in [3.05, 3.63) is 27.7 Å². The van der Waals surface area contributed by atoms with Gasteiger partial charge in [0, 0.05) is 37.4 Å². The lowest BCUT2D eigenvalue weighted by Gasteiger charge is -2.11. The third-order valence-corrected chi connectivity index (χ3v) is 5.11. The maximum Gasteiger partial charge on any atom is 0.242 e. The molecule has 5 nitrogen and oxygen atoms in total. The normalized spacial score (nSPS) is 11.8. The van der Waals surface area contributed by atoms with Crippen molar-refractivity contribution in [3.63, 3.8) is 0 Å². The highest BCUT2D eigenvalue weighted by atomic mass is 35.5. The van der Waals surface area contributed by atoms with Crippen LogP contribution in [-0.4, -0.2) is 28.7 Å². The van der Waals surface area contributed by atoms with Gasteiger partial charge in [0.25, 0.3) is 0 Å². The van der Waals surface area contributed by atoms with Crippen LogP contribution in [0.3, 0.4) is 0 Å². The molecule has 0 aromatic heterocycles. The fourth-order valence-electron chi connectivity index (χ4n) is 1.63.